The summed E-state index contributed by atoms with van der Waals surface area (Å²) in [6.45, 7) is 0. The zero-order chi connectivity index (χ0) is 18.8. The van der Waals surface area contributed by atoms with E-state index < -0.39 is 23.0 Å². The van der Waals surface area contributed by atoms with Gasteiger partial charge in [-0.2, -0.15) is 0 Å². The highest BCUT2D eigenvalue weighted by molar-refractivity contribution is 6.32. The molecule has 26 heavy (non-hydrogen) atoms. The molecule has 0 spiro atoms. The van der Waals surface area contributed by atoms with E-state index in [-0.39, 0.29) is 22.4 Å². The van der Waals surface area contributed by atoms with Crippen molar-refractivity contribution in [2.75, 3.05) is 7.11 Å². The van der Waals surface area contributed by atoms with Gasteiger partial charge in [-0.25, -0.2) is 18.2 Å². The SMILES string of the molecule is COc1cc(F)c(-c2c(Cl)nc(/C=N/O)n2-c2ccc(F)cc2)c(F)c1. The Morgan fingerprint density at radius 1 is 1.15 bits per heavy atom. The van der Waals surface area contributed by atoms with E-state index in [4.69, 9.17) is 21.5 Å². The highest BCUT2D eigenvalue weighted by Crippen LogP contribution is 2.36. The summed E-state index contributed by atoms with van der Waals surface area (Å²) in [6.07, 6.45) is 0.943. The minimum absolute atomic E-state index is 0.00581. The lowest BCUT2D eigenvalue weighted by Gasteiger charge is -2.13. The van der Waals surface area contributed by atoms with Gasteiger partial charge in [-0.05, 0) is 24.3 Å². The van der Waals surface area contributed by atoms with Crippen molar-refractivity contribution in [2.24, 2.45) is 5.16 Å². The minimum Gasteiger partial charge on any atom is -0.497 e. The van der Waals surface area contributed by atoms with Crippen molar-refractivity contribution < 1.29 is 23.1 Å². The first-order valence-corrected chi connectivity index (χ1v) is 7.59. The van der Waals surface area contributed by atoms with Crippen LogP contribution in [-0.2, 0) is 0 Å². The maximum Gasteiger partial charge on any atom is 0.161 e. The average Bonchev–Trinajstić information content (AvgIpc) is 2.91. The Bertz CT molecular complexity index is 965. The number of aromatic nitrogens is 2. The zero-order valence-electron chi connectivity index (χ0n) is 13.3. The first-order valence-electron chi connectivity index (χ1n) is 7.21. The third-order valence-electron chi connectivity index (χ3n) is 3.61. The van der Waals surface area contributed by atoms with E-state index in [1.165, 1.54) is 23.8 Å². The number of oxime groups is 1. The summed E-state index contributed by atoms with van der Waals surface area (Å²) in [6, 6.07) is 7.05. The first-order chi connectivity index (χ1) is 12.5. The molecule has 9 heteroatoms. The van der Waals surface area contributed by atoms with Gasteiger partial charge in [0.15, 0.2) is 11.0 Å². The van der Waals surface area contributed by atoms with Crippen LogP contribution in [0.4, 0.5) is 13.2 Å². The summed E-state index contributed by atoms with van der Waals surface area (Å²) in [5.74, 6) is -2.38. The van der Waals surface area contributed by atoms with Crippen LogP contribution in [-0.4, -0.2) is 28.1 Å². The van der Waals surface area contributed by atoms with Crippen molar-refractivity contribution >= 4 is 17.8 Å². The van der Waals surface area contributed by atoms with Crippen molar-refractivity contribution in [1.29, 1.82) is 0 Å². The zero-order valence-corrected chi connectivity index (χ0v) is 14.0. The van der Waals surface area contributed by atoms with Gasteiger partial charge in [0, 0.05) is 17.8 Å². The average molecular weight is 382 g/mol. The molecular formula is C17H11ClF3N3O2. The Balaban J connectivity index is 2.34. The first kappa shape index (κ1) is 17.8. The number of methoxy groups -OCH3 is 1. The van der Waals surface area contributed by atoms with E-state index in [2.05, 4.69) is 10.1 Å². The standard InChI is InChI=1S/C17H11ClF3N3O2/c1-26-11-6-12(20)15(13(21)7-11)16-17(18)23-14(8-22-25)24(16)10-4-2-9(19)3-5-10/h2-8,25H,1H3/b22-8+. The maximum atomic E-state index is 14.6. The highest BCUT2D eigenvalue weighted by Gasteiger charge is 2.24. The second-order valence-corrected chi connectivity index (χ2v) is 5.49. The van der Waals surface area contributed by atoms with Gasteiger partial charge in [-0.1, -0.05) is 16.8 Å². The summed E-state index contributed by atoms with van der Waals surface area (Å²) in [7, 11) is 1.28. The predicted molar refractivity (Wildman–Crippen MR) is 89.8 cm³/mol. The Hall–Kier alpha value is -3.00. The summed E-state index contributed by atoms with van der Waals surface area (Å²) in [5.41, 5.74) is -0.263. The number of hydrogen-bond donors (Lipinski definition) is 1. The molecule has 0 bridgehead atoms. The third kappa shape index (κ3) is 3.11. The van der Waals surface area contributed by atoms with E-state index in [1.807, 2.05) is 0 Å². The smallest absolute Gasteiger partial charge is 0.161 e. The molecule has 0 atom stereocenters. The van der Waals surface area contributed by atoms with E-state index in [1.54, 1.807) is 0 Å². The van der Waals surface area contributed by atoms with Gasteiger partial charge in [0.2, 0.25) is 0 Å². The topological polar surface area (TPSA) is 59.6 Å². The molecule has 0 aliphatic heterocycles. The van der Waals surface area contributed by atoms with Crippen molar-refractivity contribution in [1.82, 2.24) is 9.55 Å². The number of halogens is 4. The Morgan fingerprint density at radius 3 is 2.31 bits per heavy atom. The molecule has 1 aromatic heterocycles. The van der Waals surface area contributed by atoms with E-state index in [9.17, 15) is 13.2 Å². The van der Waals surface area contributed by atoms with Crippen LogP contribution >= 0.6 is 11.6 Å². The fourth-order valence-electron chi connectivity index (χ4n) is 2.51. The minimum atomic E-state index is -0.931. The molecule has 5 nitrogen and oxygen atoms in total. The quantitative estimate of drug-likeness (QED) is 0.413. The van der Waals surface area contributed by atoms with Gasteiger partial charge in [-0.15, -0.1) is 0 Å². The van der Waals surface area contributed by atoms with Gasteiger partial charge < -0.3 is 9.94 Å². The molecule has 0 aliphatic carbocycles. The van der Waals surface area contributed by atoms with Crippen LogP contribution in [0.1, 0.15) is 5.82 Å². The Labute approximate surface area is 150 Å². The normalized spacial score (nSPS) is 11.3. The molecule has 0 radical (unpaired) electrons. The molecular weight excluding hydrogens is 371 g/mol. The maximum absolute atomic E-state index is 14.6. The van der Waals surface area contributed by atoms with Gasteiger partial charge in [0.1, 0.15) is 29.4 Å². The molecule has 1 N–H and O–H groups in total. The van der Waals surface area contributed by atoms with E-state index in [0.717, 1.165) is 30.5 Å². The van der Waals surface area contributed by atoms with Crippen molar-refractivity contribution in [3.05, 3.63) is 64.8 Å². The fourth-order valence-corrected chi connectivity index (χ4v) is 2.77. The van der Waals surface area contributed by atoms with Gasteiger partial charge in [-0.3, -0.25) is 4.57 Å². The second kappa shape index (κ2) is 7.09. The monoisotopic (exact) mass is 381 g/mol. The third-order valence-corrected chi connectivity index (χ3v) is 3.87. The second-order valence-electron chi connectivity index (χ2n) is 5.13. The Kier molecular flexibility index (Phi) is 4.85. The van der Waals surface area contributed by atoms with Crippen molar-refractivity contribution in [3.63, 3.8) is 0 Å². The Morgan fingerprint density at radius 2 is 1.77 bits per heavy atom. The van der Waals surface area contributed by atoms with Crippen LogP contribution in [0.3, 0.4) is 0 Å². The van der Waals surface area contributed by atoms with Crippen LogP contribution < -0.4 is 4.74 Å². The number of rotatable bonds is 4. The molecule has 2 aromatic carbocycles. The molecule has 0 aliphatic rings. The van der Waals surface area contributed by atoms with Crippen LogP contribution in [0.5, 0.6) is 5.75 Å². The molecule has 3 aromatic rings. The van der Waals surface area contributed by atoms with Crippen LogP contribution in [0.25, 0.3) is 16.9 Å². The number of benzene rings is 2. The van der Waals surface area contributed by atoms with Gasteiger partial charge >= 0.3 is 0 Å². The van der Waals surface area contributed by atoms with E-state index >= 15 is 0 Å². The lowest BCUT2D eigenvalue weighted by Crippen LogP contribution is -2.05. The summed E-state index contributed by atoms with van der Waals surface area (Å²) in [4.78, 5) is 3.96. The molecule has 1 heterocycles. The van der Waals surface area contributed by atoms with Crippen molar-refractivity contribution in [2.45, 2.75) is 0 Å². The van der Waals surface area contributed by atoms with Crippen LogP contribution in [0, 0.1) is 17.5 Å². The molecule has 0 saturated carbocycles. The van der Waals surface area contributed by atoms with Crippen LogP contribution in [0.15, 0.2) is 41.6 Å². The summed E-state index contributed by atoms with van der Waals surface area (Å²) >= 11 is 6.11. The predicted octanol–water partition coefficient (Wildman–Crippen LogP) is 4.43. The van der Waals surface area contributed by atoms with Crippen molar-refractivity contribution in [3.8, 4) is 22.7 Å². The largest absolute Gasteiger partial charge is 0.497 e. The summed E-state index contributed by atoms with van der Waals surface area (Å²) in [5, 5.41) is 11.5. The number of nitrogens with zero attached hydrogens (tertiary/aromatic N) is 3. The molecule has 0 unspecified atom stereocenters. The number of hydrogen-bond acceptors (Lipinski definition) is 4. The lowest BCUT2D eigenvalue weighted by molar-refractivity contribution is 0.321. The fraction of sp³-hybridized carbons (Fsp3) is 0.0588. The molecule has 3 rings (SSSR count). The molecule has 0 fully saturated rings. The number of imidazole rings is 1. The molecule has 134 valence electrons. The molecule has 0 saturated heterocycles. The number of ether oxygens (including phenoxy) is 1. The van der Waals surface area contributed by atoms with Crippen LogP contribution in [0.2, 0.25) is 5.15 Å². The lowest BCUT2D eigenvalue weighted by atomic mass is 10.1. The van der Waals surface area contributed by atoms with E-state index in [0.29, 0.717) is 5.69 Å². The highest BCUT2D eigenvalue weighted by atomic mass is 35.5. The van der Waals surface area contributed by atoms with Gasteiger partial charge in [0.05, 0.1) is 18.4 Å². The summed E-state index contributed by atoms with van der Waals surface area (Å²) < 4.78 is 48.4. The molecule has 0 amide bonds. The van der Waals surface area contributed by atoms with Gasteiger partial charge in [0.25, 0.3) is 0 Å².